The summed E-state index contributed by atoms with van der Waals surface area (Å²) in [5.41, 5.74) is 6.73. The number of benzene rings is 1. The van der Waals surface area contributed by atoms with Crippen molar-refractivity contribution in [2.24, 2.45) is 0 Å². The Hall–Kier alpha value is -1.88. The quantitative estimate of drug-likeness (QED) is 0.444. The van der Waals surface area contributed by atoms with Gasteiger partial charge in [0.15, 0.2) is 0 Å². The maximum absolute atomic E-state index is 12.0. The van der Waals surface area contributed by atoms with Gasteiger partial charge in [-0.25, -0.2) is 13.1 Å². The van der Waals surface area contributed by atoms with Gasteiger partial charge in [0.25, 0.3) is 0 Å². The molecule has 0 saturated carbocycles. The molecule has 7 heteroatoms. The highest BCUT2D eigenvalue weighted by Gasteiger charge is 2.18. The standard InChI is InChI=1S/C13H17N3O3S/c1-10(2)9-19-6-5-16-20(17,18)13-4-3-12(15)7-11(13)8-14/h3-4,7,16H,1,5-6,9,15H2,2H3. The van der Waals surface area contributed by atoms with Crippen LogP contribution in [0.1, 0.15) is 12.5 Å². The number of nitrogens with two attached hydrogens (primary N) is 1. The Labute approximate surface area is 118 Å². The summed E-state index contributed by atoms with van der Waals surface area (Å²) in [5, 5.41) is 8.94. The molecule has 108 valence electrons. The van der Waals surface area contributed by atoms with Gasteiger partial charge in [0.05, 0.1) is 23.7 Å². The first-order valence-corrected chi connectivity index (χ1v) is 7.36. The van der Waals surface area contributed by atoms with Crippen molar-refractivity contribution in [1.29, 1.82) is 5.26 Å². The first-order chi connectivity index (χ1) is 9.36. The average molecular weight is 295 g/mol. The third-order valence-electron chi connectivity index (χ3n) is 2.30. The second kappa shape index (κ2) is 7.05. The number of anilines is 1. The minimum atomic E-state index is -3.75. The van der Waals surface area contributed by atoms with E-state index in [4.69, 9.17) is 15.7 Å². The molecule has 0 atom stereocenters. The number of rotatable bonds is 7. The van der Waals surface area contributed by atoms with Gasteiger partial charge in [-0.1, -0.05) is 12.2 Å². The maximum atomic E-state index is 12.0. The van der Waals surface area contributed by atoms with Crippen molar-refractivity contribution in [3.05, 3.63) is 35.9 Å². The van der Waals surface area contributed by atoms with Crippen LogP contribution in [-0.2, 0) is 14.8 Å². The van der Waals surface area contributed by atoms with Crippen molar-refractivity contribution in [2.75, 3.05) is 25.5 Å². The van der Waals surface area contributed by atoms with Crippen LogP contribution in [0.5, 0.6) is 0 Å². The second-order valence-corrected chi connectivity index (χ2v) is 6.01. The molecule has 0 aliphatic carbocycles. The minimum absolute atomic E-state index is 0.0142. The number of nitrogen functional groups attached to an aromatic ring is 1. The molecular weight excluding hydrogens is 278 g/mol. The van der Waals surface area contributed by atoms with Crippen LogP contribution in [0.2, 0.25) is 0 Å². The van der Waals surface area contributed by atoms with Crippen LogP contribution in [0.25, 0.3) is 0 Å². The summed E-state index contributed by atoms with van der Waals surface area (Å²) in [5.74, 6) is 0. The number of nitriles is 1. The zero-order valence-electron chi connectivity index (χ0n) is 11.2. The lowest BCUT2D eigenvalue weighted by Crippen LogP contribution is -2.28. The Balaban J connectivity index is 2.70. The summed E-state index contributed by atoms with van der Waals surface area (Å²) in [4.78, 5) is -0.0888. The Kier molecular flexibility index (Phi) is 5.70. The lowest BCUT2D eigenvalue weighted by atomic mass is 10.2. The van der Waals surface area contributed by atoms with Gasteiger partial charge in [0, 0.05) is 12.2 Å². The Bertz CT molecular complexity index is 633. The van der Waals surface area contributed by atoms with Crippen molar-refractivity contribution in [3.63, 3.8) is 0 Å². The van der Waals surface area contributed by atoms with Crippen LogP contribution in [0.4, 0.5) is 5.69 Å². The molecule has 1 aromatic rings. The molecule has 0 saturated heterocycles. The summed E-state index contributed by atoms with van der Waals surface area (Å²) < 4.78 is 31.6. The number of ether oxygens (including phenoxy) is 1. The predicted molar refractivity (Wildman–Crippen MR) is 76.4 cm³/mol. The Morgan fingerprint density at radius 1 is 1.55 bits per heavy atom. The lowest BCUT2D eigenvalue weighted by molar-refractivity contribution is 0.162. The zero-order chi connectivity index (χ0) is 15.2. The zero-order valence-corrected chi connectivity index (χ0v) is 12.0. The number of hydrogen-bond donors (Lipinski definition) is 2. The fourth-order valence-corrected chi connectivity index (χ4v) is 2.59. The van der Waals surface area contributed by atoms with Gasteiger partial charge in [0.2, 0.25) is 10.0 Å². The molecule has 3 N–H and O–H groups in total. The van der Waals surface area contributed by atoms with Gasteiger partial charge >= 0.3 is 0 Å². The van der Waals surface area contributed by atoms with E-state index in [1.165, 1.54) is 18.2 Å². The number of nitrogens with zero attached hydrogens (tertiary/aromatic N) is 1. The highest BCUT2D eigenvalue weighted by molar-refractivity contribution is 7.89. The highest BCUT2D eigenvalue weighted by Crippen LogP contribution is 2.17. The Morgan fingerprint density at radius 3 is 2.85 bits per heavy atom. The van der Waals surface area contributed by atoms with Gasteiger partial charge in [-0.3, -0.25) is 0 Å². The minimum Gasteiger partial charge on any atom is -0.399 e. The second-order valence-electron chi connectivity index (χ2n) is 4.27. The molecule has 0 amide bonds. The van der Waals surface area contributed by atoms with E-state index in [0.717, 1.165) is 5.57 Å². The third kappa shape index (κ3) is 4.66. The van der Waals surface area contributed by atoms with Gasteiger partial charge in [0.1, 0.15) is 6.07 Å². The molecule has 6 nitrogen and oxygen atoms in total. The molecule has 1 aromatic carbocycles. The van der Waals surface area contributed by atoms with E-state index in [9.17, 15) is 8.42 Å². The van der Waals surface area contributed by atoms with E-state index in [-0.39, 0.29) is 23.6 Å². The average Bonchev–Trinajstić information content (AvgIpc) is 2.37. The van der Waals surface area contributed by atoms with E-state index in [0.29, 0.717) is 12.3 Å². The van der Waals surface area contributed by atoms with Crippen molar-refractivity contribution in [2.45, 2.75) is 11.8 Å². The number of hydrogen-bond acceptors (Lipinski definition) is 5. The fraction of sp³-hybridized carbons (Fsp3) is 0.308. The van der Waals surface area contributed by atoms with Crippen molar-refractivity contribution in [1.82, 2.24) is 4.72 Å². The van der Waals surface area contributed by atoms with Crippen LogP contribution in [0, 0.1) is 11.3 Å². The van der Waals surface area contributed by atoms with E-state index < -0.39 is 10.0 Å². The van der Waals surface area contributed by atoms with E-state index in [1.54, 1.807) is 0 Å². The molecule has 0 fully saturated rings. The largest absolute Gasteiger partial charge is 0.399 e. The van der Waals surface area contributed by atoms with Crippen molar-refractivity contribution < 1.29 is 13.2 Å². The normalized spacial score (nSPS) is 11.0. The lowest BCUT2D eigenvalue weighted by Gasteiger charge is -2.09. The first-order valence-electron chi connectivity index (χ1n) is 5.88. The molecule has 0 aromatic heterocycles. The number of sulfonamides is 1. The molecule has 20 heavy (non-hydrogen) atoms. The molecule has 1 rings (SSSR count). The molecule has 0 unspecified atom stereocenters. The van der Waals surface area contributed by atoms with Crippen LogP contribution in [0.3, 0.4) is 0 Å². The molecular formula is C13H17N3O3S. The monoisotopic (exact) mass is 295 g/mol. The molecule has 0 aliphatic heterocycles. The fourth-order valence-electron chi connectivity index (χ4n) is 1.44. The SMILES string of the molecule is C=C(C)COCCNS(=O)(=O)c1ccc(N)cc1C#N. The first kappa shape index (κ1) is 16.2. The predicted octanol–water partition coefficient (Wildman–Crippen LogP) is 1.01. The maximum Gasteiger partial charge on any atom is 0.241 e. The van der Waals surface area contributed by atoms with Crippen LogP contribution < -0.4 is 10.5 Å². The van der Waals surface area contributed by atoms with Gasteiger partial charge < -0.3 is 10.5 Å². The van der Waals surface area contributed by atoms with Crippen molar-refractivity contribution >= 4 is 15.7 Å². The van der Waals surface area contributed by atoms with Crippen LogP contribution in [-0.4, -0.2) is 28.2 Å². The number of nitrogens with one attached hydrogen (secondary N) is 1. The topological polar surface area (TPSA) is 105 Å². The highest BCUT2D eigenvalue weighted by atomic mass is 32.2. The molecule has 0 aliphatic rings. The van der Waals surface area contributed by atoms with Crippen LogP contribution >= 0.6 is 0 Å². The summed E-state index contributed by atoms with van der Waals surface area (Å²) >= 11 is 0. The van der Waals surface area contributed by atoms with E-state index in [2.05, 4.69) is 11.3 Å². The van der Waals surface area contributed by atoms with Gasteiger partial charge in [-0.2, -0.15) is 5.26 Å². The van der Waals surface area contributed by atoms with Gasteiger partial charge in [-0.15, -0.1) is 0 Å². The van der Waals surface area contributed by atoms with Crippen molar-refractivity contribution in [3.8, 4) is 6.07 Å². The van der Waals surface area contributed by atoms with Gasteiger partial charge in [-0.05, 0) is 25.1 Å². The molecule has 0 radical (unpaired) electrons. The summed E-state index contributed by atoms with van der Waals surface area (Å²) in [7, 11) is -3.75. The summed E-state index contributed by atoms with van der Waals surface area (Å²) in [6, 6.07) is 5.89. The Morgan fingerprint density at radius 2 is 2.25 bits per heavy atom. The molecule has 0 heterocycles. The molecule has 0 bridgehead atoms. The van der Waals surface area contributed by atoms with Crippen LogP contribution in [0.15, 0.2) is 35.2 Å². The summed E-state index contributed by atoms with van der Waals surface area (Å²) in [6.07, 6.45) is 0. The van der Waals surface area contributed by atoms with E-state index in [1.807, 2.05) is 13.0 Å². The summed E-state index contributed by atoms with van der Waals surface area (Å²) in [6.45, 7) is 6.21. The van der Waals surface area contributed by atoms with E-state index >= 15 is 0 Å². The molecule has 0 spiro atoms. The third-order valence-corrected chi connectivity index (χ3v) is 3.82. The smallest absolute Gasteiger partial charge is 0.241 e.